The van der Waals surface area contributed by atoms with E-state index >= 15 is 0 Å². The van der Waals surface area contributed by atoms with Gasteiger partial charge in [0.05, 0.1) is 6.61 Å². The van der Waals surface area contributed by atoms with Crippen molar-refractivity contribution in [2.75, 3.05) is 6.61 Å². The molecule has 0 aliphatic heterocycles. The number of carbonyl (C=O) groups excluding carboxylic acids is 1. The van der Waals surface area contributed by atoms with Crippen molar-refractivity contribution in [3.8, 4) is 11.5 Å². The molecule has 0 unspecified atom stereocenters. The van der Waals surface area contributed by atoms with Gasteiger partial charge in [0, 0.05) is 4.47 Å². The van der Waals surface area contributed by atoms with E-state index in [2.05, 4.69) is 29.8 Å². The van der Waals surface area contributed by atoms with E-state index in [1.54, 1.807) is 24.3 Å². The van der Waals surface area contributed by atoms with Crippen LogP contribution in [0.15, 0.2) is 46.9 Å². The van der Waals surface area contributed by atoms with Gasteiger partial charge in [-0.05, 0) is 48.7 Å². The van der Waals surface area contributed by atoms with Crippen LogP contribution < -0.4 is 9.47 Å². The largest absolute Gasteiger partial charge is 0.493 e. The Bertz CT molecular complexity index is 665. The molecule has 0 heterocycles. The van der Waals surface area contributed by atoms with Crippen LogP contribution in [-0.4, -0.2) is 12.6 Å². The lowest BCUT2D eigenvalue weighted by Crippen LogP contribution is -2.12. The Morgan fingerprint density at radius 3 is 2.55 bits per heavy atom. The van der Waals surface area contributed by atoms with Crippen molar-refractivity contribution in [2.24, 2.45) is 0 Å². The SMILES string of the molecule is CCOc1ccccc1C(=O)Oc1ccc(Br)cc1C(C)C. The number of hydrogen-bond acceptors (Lipinski definition) is 3. The van der Waals surface area contributed by atoms with Gasteiger partial charge in [0.15, 0.2) is 0 Å². The van der Waals surface area contributed by atoms with Gasteiger partial charge in [-0.15, -0.1) is 0 Å². The van der Waals surface area contributed by atoms with E-state index in [0.29, 0.717) is 23.7 Å². The molecule has 0 radical (unpaired) electrons. The minimum Gasteiger partial charge on any atom is -0.493 e. The van der Waals surface area contributed by atoms with Gasteiger partial charge in [0.25, 0.3) is 0 Å². The molecular formula is C18H19BrO3. The summed E-state index contributed by atoms with van der Waals surface area (Å²) in [5, 5.41) is 0. The minimum atomic E-state index is -0.409. The normalized spacial score (nSPS) is 10.6. The predicted octanol–water partition coefficient (Wildman–Crippen LogP) is 5.19. The summed E-state index contributed by atoms with van der Waals surface area (Å²) in [5.74, 6) is 0.961. The Balaban J connectivity index is 2.30. The van der Waals surface area contributed by atoms with Gasteiger partial charge in [-0.1, -0.05) is 41.9 Å². The Morgan fingerprint density at radius 1 is 1.14 bits per heavy atom. The van der Waals surface area contributed by atoms with Crippen molar-refractivity contribution < 1.29 is 14.3 Å². The first-order valence-corrected chi connectivity index (χ1v) is 8.05. The summed E-state index contributed by atoms with van der Waals surface area (Å²) in [6.07, 6.45) is 0. The van der Waals surface area contributed by atoms with Crippen molar-refractivity contribution in [1.29, 1.82) is 0 Å². The van der Waals surface area contributed by atoms with Gasteiger partial charge in [-0.2, -0.15) is 0 Å². The maximum Gasteiger partial charge on any atom is 0.347 e. The number of para-hydroxylation sites is 1. The van der Waals surface area contributed by atoms with Crippen LogP contribution in [0.2, 0.25) is 0 Å². The Labute approximate surface area is 139 Å². The Kier molecular flexibility index (Phi) is 5.61. The first-order chi connectivity index (χ1) is 10.5. The lowest BCUT2D eigenvalue weighted by atomic mass is 10.0. The highest BCUT2D eigenvalue weighted by molar-refractivity contribution is 9.10. The first kappa shape index (κ1) is 16.6. The van der Waals surface area contributed by atoms with Crippen LogP contribution in [0.5, 0.6) is 11.5 Å². The van der Waals surface area contributed by atoms with Crippen LogP contribution in [0.1, 0.15) is 42.6 Å². The smallest absolute Gasteiger partial charge is 0.347 e. The number of rotatable bonds is 5. The maximum absolute atomic E-state index is 12.5. The third-order valence-corrected chi connectivity index (χ3v) is 3.70. The van der Waals surface area contributed by atoms with E-state index in [-0.39, 0.29) is 5.92 Å². The molecule has 0 saturated heterocycles. The van der Waals surface area contributed by atoms with Crippen molar-refractivity contribution in [3.63, 3.8) is 0 Å². The molecule has 0 N–H and O–H groups in total. The average molecular weight is 363 g/mol. The predicted molar refractivity (Wildman–Crippen MR) is 90.8 cm³/mol. The fourth-order valence-electron chi connectivity index (χ4n) is 2.13. The molecule has 0 bridgehead atoms. The zero-order valence-corrected chi connectivity index (χ0v) is 14.5. The maximum atomic E-state index is 12.5. The van der Waals surface area contributed by atoms with Gasteiger partial charge in [-0.3, -0.25) is 0 Å². The highest BCUT2D eigenvalue weighted by Crippen LogP contribution is 2.31. The highest BCUT2D eigenvalue weighted by Gasteiger charge is 2.17. The minimum absolute atomic E-state index is 0.252. The van der Waals surface area contributed by atoms with Gasteiger partial charge < -0.3 is 9.47 Å². The molecule has 116 valence electrons. The first-order valence-electron chi connectivity index (χ1n) is 7.26. The number of carbonyl (C=O) groups is 1. The van der Waals surface area contributed by atoms with E-state index in [0.717, 1.165) is 10.0 Å². The number of benzene rings is 2. The van der Waals surface area contributed by atoms with Gasteiger partial charge >= 0.3 is 5.97 Å². The van der Waals surface area contributed by atoms with Gasteiger partial charge in [-0.25, -0.2) is 4.79 Å². The van der Waals surface area contributed by atoms with E-state index in [1.807, 2.05) is 25.1 Å². The van der Waals surface area contributed by atoms with Crippen LogP contribution in [0, 0.1) is 0 Å². The lowest BCUT2D eigenvalue weighted by molar-refractivity contribution is 0.0728. The van der Waals surface area contributed by atoms with Crippen molar-refractivity contribution in [3.05, 3.63) is 58.1 Å². The Morgan fingerprint density at radius 2 is 1.86 bits per heavy atom. The summed E-state index contributed by atoms with van der Waals surface area (Å²) in [4.78, 5) is 12.5. The topological polar surface area (TPSA) is 35.5 Å². The van der Waals surface area contributed by atoms with Crippen LogP contribution in [0.4, 0.5) is 0 Å². The molecule has 4 heteroatoms. The molecule has 0 saturated carbocycles. The number of ether oxygens (including phenoxy) is 2. The molecule has 0 aliphatic rings. The molecule has 0 spiro atoms. The van der Waals surface area contributed by atoms with Crippen LogP contribution >= 0.6 is 15.9 Å². The third kappa shape index (κ3) is 3.89. The van der Waals surface area contributed by atoms with Crippen LogP contribution in [0.25, 0.3) is 0 Å². The summed E-state index contributed by atoms with van der Waals surface area (Å²) in [6.45, 7) is 6.51. The molecular weight excluding hydrogens is 344 g/mol. The lowest BCUT2D eigenvalue weighted by Gasteiger charge is -2.14. The molecule has 2 aromatic rings. The summed E-state index contributed by atoms with van der Waals surface area (Å²) >= 11 is 3.45. The Hall–Kier alpha value is -1.81. The number of esters is 1. The van der Waals surface area contributed by atoms with Crippen molar-refractivity contribution >= 4 is 21.9 Å². The second kappa shape index (κ2) is 7.45. The molecule has 22 heavy (non-hydrogen) atoms. The average Bonchev–Trinajstić information content (AvgIpc) is 2.49. The van der Waals surface area contributed by atoms with E-state index in [4.69, 9.17) is 9.47 Å². The third-order valence-electron chi connectivity index (χ3n) is 3.20. The summed E-state index contributed by atoms with van der Waals surface area (Å²) < 4.78 is 12.0. The zero-order chi connectivity index (χ0) is 16.1. The van der Waals surface area contributed by atoms with Crippen molar-refractivity contribution in [1.82, 2.24) is 0 Å². The molecule has 0 fully saturated rings. The zero-order valence-electron chi connectivity index (χ0n) is 12.9. The highest BCUT2D eigenvalue weighted by atomic mass is 79.9. The standard InChI is InChI=1S/C18H19BrO3/c1-4-21-16-8-6-5-7-14(16)18(20)22-17-10-9-13(19)11-15(17)12(2)3/h5-12H,4H2,1-3H3. The molecule has 2 aromatic carbocycles. The fraction of sp³-hybridized carbons (Fsp3) is 0.278. The van der Waals surface area contributed by atoms with E-state index in [1.165, 1.54) is 0 Å². The van der Waals surface area contributed by atoms with E-state index < -0.39 is 5.97 Å². The molecule has 2 rings (SSSR count). The monoisotopic (exact) mass is 362 g/mol. The van der Waals surface area contributed by atoms with Crippen molar-refractivity contribution in [2.45, 2.75) is 26.7 Å². The van der Waals surface area contributed by atoms with Gasteiger partial charge in [0.2, 0.25) is 0 Å². The van der Waals surface area contributed by atoms with Gasteiger partial charge in [0.1, 0.15) is 17.1 Å². The molecule has 0 atom stereocenters. The molecule has 3 nitrogen and oxygen atoms in total. The second-order valence-electron chi connectivity index (χ2n) is 5.16. The van der Waals surface area contributed by atoms with Crippen LogP contribution in [0.3, 0.4) is 0 Å². The van der Waals surface area contributed by atoms with E-state index in [9.17, 15) is 4.79 Å². The summed E-state index contributed by atoms with van der Waals surface area (Å²) in [6, 6.07) is 12.8. The molecule has 0 aliphatic carbocycles. The number of hydrogen-bond donors (Lipinski definition) is 0. The quantitative estimate of drug-likeness (QED) is 0.542. The molecule has 0 amide bonds. The van der Waals surface area contributed by atoms with Crippen LogP contribution in [-0.2, 0) is 0 Å². The fourth-order valence-corrected chi connectivity index (χ4v) is 2.51. The summed E-state index contributed by atoms with van der Waals surface area (Å²) in [7, 11) is 0. The number of halogens is 1. The molecule has 0 aromatic heterocycles. The summed E-state index contributed by atoms with van der Waals surface area (Å²) in [5.41, 5.74) is 1.42. The second-order valence-corrected chi connectivity index (χ2v) is 6.07.